The number of carbonyl (C=O) groups excluding carboxylic acids is 1. The Morgan fingerprint density at radius 3 is 2.83 bits per heavy atom. The van der Waals surface area contributed by atoms with E-state index in [0.717, 1.165) is 12.8 Å². The van der Waals surface area contributed by atoms with Crippen molar-refractivity contribution in [1.82, 2.24) is 0 Å². The van der Waals surface area contributed by atoms with Crippen molar-refractivity contribution in [2.45, 2.75) is 89.4 Å². The van der Waals surface area contributed by atoms with Crippen molar-refractivity contribution in [3.05, 3.63) is 0 Å². The Kier molecular flexibility index (Phi) is 7.04. The van der Waals surface area contributed by atoms with Crippen LogP contribution in [0.15, 0.2) is 0 Å². The standard InChI is InChI=1S/C17H30FO4Si/c1-4-5-6-13(18)15(22-23(2)3)8-7-11-12-9-17(20)21-16(12)10-14(11)19/h11-16,19H,4-10H2,1-3H3. The van der Waals surface area contributed by atoms with Crippen molar-refractivity contribution < 1.29 is 23.5 Å². The molecule has 23 heavy (non-hydrogen) atoms. The molecular formula is C17H30FO4Si. The van der Waals surface area contributed by atoms with Gasteiger partial charge < -0.3 is 14.3 Å². The van der Waals surface area contributed by atoms with E-state index in [9.17, 15) is 14.3 Å². The summed E-state index contributed by atoms with van der Waals surface area (Å²) >= 11 is 0. The minimum atomic E-state index is -0.968. The zero-order valence-electron chi connectivity index (χ0n) is 14.5. The molecule has 1 aliphatic heterocycles. The fraction of sp³-hybridized carbons (Fsp3) is 0.941. The van der Waals surface area contributed by atoms with E-state index in [2.05, 4.69) is 6.92 Å². The molecule has 6 atom stereocenters. The van der Waals surface area contributed by atoms with Gasteiger partial charge in [-0.25, -0.2) is 4.39 Å². The van der Waals surface area contributed by atoms with Gasteiger partial charge in [0, 0.05) is 12.3 Å². The molecule has 0 amide bonds. The first-order chi connectivity index (χ1) is 10.9. The van der Waals surface area contributed by atoms with Crippen LogP contribution in [-0.4, -0.2) is 44.6 Å². The molecule has 1 heterocycles. The van der Waals surface area contributed by atoms with E-state index in [1.807, 2.05) is 13.1 Å². The van der Waals surface area contributed by atoms with Crippen LogP contribution in [0.3, 0.4) is 0 Å². The maximum absolute atomic E-state index is 14.5. The third-order valence-electron chi connectivity index (χ3n) is 5.09. The molecular weight excluding hydrogens is 315 g/mol. The lowest BCUT2D eigenvalue weighted by Gasteiger charge is -2.27. The fourth-order valence-electron chi connectivity index (χ4n) is 3.94. The van der Waals surface area contributed by atoms with Gasteiger partial charge in [-0.2, -0.15) is 0 Å². The van der Waals surface area contributed by atoms with Crippen LogP contribution in [0.4, 0.5) is 4.39 Å². The molecule has 2 rings (SSSR count). The fourth-order valence-corrected chi connectivity index (χ4v) is 4.81. The minimum Gasteiger partial charge on any atom is -0.462 e. The summed E-state index contributed by atoms with van der Waals surface area (Å²) < 4.78 is 25.6. The SMILES string of the molecule is CCCCC(F)C(CCC1C(O)CC2OC(=O)CC21)O[Si](C)C. The van der Waals surface area contributed by atoms with Gasteiger partial charge in [0.05, 0.1) is 18.6 Å². The van der Waals surface area contributed by atoms with Crippen molar-refractivity contribution in [3.63, 3.8) is 0 Å². The Morgan fingerprint density at radius 1 is 1.43 bits per heavy atom. The van der Waals surface area contributed by atoms with E-state index in [-0.39, 0.29) is 30.0 Å². The zero-order chi connectivity index (χ0) is 17.0. The summed E-state index contributed by atoms with van der Waals surface area (Å²) in [5, 5.41) is 10.2. The topological polar surface area (TPSA) is 55.8 Å². The summed E-state index contributed by atoms with van der Waals surface area (Å²) in [5.74, 6) is -0.0381. The number of aliphatic hydroxyl groups is 1. The summed E-state index contributed by atoms with van der Waals surface area (Å²) in [6.07, 6.45) is 2.72. The van der Waals surface area contributed by atoms with Gasteiger partial charge in [-0.1, -0.05) is 19.8 Å². The highest BCUT2D eigenvalue weighted by atomic mass is 28.3. The lowest BCUT2D eigenvalue weighted by Crippen LogP contribution is -2.32. The molecule has 0 spiro atoms. The second kappa shape index (κ2) is 8.58. The molecule has 1 aliphatic carbocycles. The number of esters is 1. The molecule has 133 valence electrons. The van der Waals surface area contributed by atoms with Gasteiger partial charge in [-0.15, -0.1) is 0 Å². The van der Waals surface area contributed by atoms with Crippen LogP contribution in [0.25, 0.3) is 0 Å². The molecule has 6 unspecified atom stereocenters. The first-order valence-electron chi connectivity index (χ1n) is 8.90. The maximum atomic E-state index is 14.5. The molecule has 2 fully saturated rings. The largest absolute Gasteiger partial charge is 0.462 e. The van der Waals surface area contributed by atoms with Gasteiger partial charge in [0.15, 0.2) is 0 Å². The Bertz CT molecular complexity index is 393. The lowest BCUT2D eigenvalue weighted by molar-refractivity contribution is -0.141. The van der Waals surface area contributed by atoms with E-state index < -0.39 is 21.3 Å². The molecule has 1 N–H and O–H groups in total. The highest BCUT2D eigenvalue weighted by Gasteiger charge is 2.49. The van der Waals surface area contributed by atoms with Gasteiger partial charge in [0.25, 0.3) is 0 Å². The van der Waals surface area contributed by atoms with Crippen molar-refractivity contribution in [1.29, 1.82) is 0 Å². The summed E-state index contributed by atoms with van der Waals surface area (Å²) in [4.78, 5) is 11.4. The highest BCUT2D eigenvalue weighted by Crippen LogP contribution is 2.43. The Balaban J connectivity index is 1.90. The second-order valence-corrected chi connectivity index (χ2v) is 9.22. The molecule has 0 aromatic carbocycles. The number of halogens is 1. The smallest absolute Gasteiger partial charge is 0.306 e. The quantitative estimate of drug-likeness (QED) is 0.515. The molecule has 4 nitrogen and oxygen atoms in total. The number of ether oxygens (including phenoxy) is 1. The van der Waals surface area contributed by atoms with Gasteiger partial charge in [-0.3, -0.25) is 4.79 Å². The van der Waals surface area contributed by atoms with Gasteiger partial charge >= 0.3 is 5.97 Å². The molecule has 1 radical (unpaired) electrons. The van der Waals surface area contributed by atoms with Crippen LogP contribution < -0.4 is 0 Å². The summed E-state index contributed by atoms with van der Waals surface area (Å²) in [6, 6.07) is 0. The monoisotopic (exact) mass is 345 g/mol. The third-order valence-corrected chi connectivity index (χ3v) is 5.86. The van der Waals surface area contributed by atoms with Crippen LogP contribution in [-0.2, 0) is 14.0 Å². The van der Waals surface area contributed by atoms with Crippen molar-refractivity contribution >= 4 is 15.0 Å². The Morgan fingerprint density at radius 2 is 2.17 bits per heavy atom. The first-order valence-corrected chi connectivity index (χ1v) is 11.3. The van der Waals surface area contributed by atoms with E-state index in [0.29, 0.717) is 32.1 Å². The number of unbranched alkanes of at least 4 members (excludes halogenated alkanes) is 1. The van der Waals surface area contributed by atoms with Gasteiger partial charge in [-0.05, 0) is 38.3 Å². The average molecular weight is 346 g/mol. The molecule has 1 saturated carbocycles. The molecule has 0 bridgehead atoms. The number of hydrogen-bond donors (Lipinski definition) is 1. The van der Waals surface area contributed by atoms with Crippen molar-refractivity contribution in [2.75, 3.05) is 0 Å². The number of fused-ring (bicyclic) bond motifs is 1. The molecule has 1 saturated heterocycles. The summed E-state index contributed by atoms with van der Waals surface area (Å²) in [7, 11) is -0.968. The maximum Gasteiger partial charge on any atom is 0.306 e. The third kappa shape index (κ3) is 5.00. The number of alkyl halides is 1. The van der Waals surface area contributed by atoms with Gasteiger partial charge in [0.1, 0.15) is 12.3 Å². The average Bonchev–Trinajstić information content (AvgIpc) is 2.96. The Hall–Kier alpha value is -0.463. The van der Waals surface area contributed by atoms with Crippen LogP contribution >= 0.6 is 0 Å². The second-order valence-electron chi connectivity index (χ2n) is 7.16. The predicted octanol–water partition coefficient (Wildman–Crippen LogP) is 3.24. The number of carbonyl (C=O) groups is 1. The van der Waals surface area contributed by atoms with Gasteiger partial charge in [0.2, 0.25) is 9.04 Å². The Labute approximate surface area is 140 Å². The van der Waals surface area contributed by atoms with Crippen LogP contribution in [0.1, 0.15) is 51.9 Å². The summed E-state index contributed by atoms with van der Waals surface area (Å²) in [5.41, 5.74) is 0. The highest BCUT2D eigenvalue weighted by molar-refractivity contribution is 6.48. The number of aliphatic hydroxyl groups excluding tert-OH is 1. The van der Waals surface area contributed by atoms with Crippen LogP contribution in [0.5, 0.6) is 0 Å². The van der Waals surface area contributed by atoms with Crippen LogP contribution in [0, 0.1) is 11.8 Å². The predicted molar refractivity (Wildman–Crippen MR) is 88.1 cm³/mol. The minimum absolute atomic E-state index is 0.0281. The summed E-state index contributed by atoms with van der Waals surface area (Å²) in [6.45, 7) is 6.10. The molecule has 2 aliphatic rings. The van der Waals surface area contributed by atoms with Crippen molar-refractivity contribution in [3.8, 4) is 0 Å². The van der Waals surface area contributed by atoms with E-state index >= 15 is 0 Å². The normalized spacial score (nSPS) is 32.9. The zero-order valence-corrected chi connectivity index (χ0v) is 15.5. The molecule has 6 heteroatoms. The molecule has 0 aromatic heterocycles. The van der Waals surface area contributed by atoms with Crippen molar-refractivity contribution in [2.24, 2.45) is 11.8 Å². The van der Waals surface area contributed by atoms with E-state index in [1.165, 1.54) is 0 Å². The number of rotatable bonds is 9. The first kappa shape index (κ1) is 18.9. The number of hydrogen-bond acceptors (Lipinski definition) is 4. The van der Waals surface area contributed by atoms with E-state index in [4.69, 9.17) is 9.16 Å². The van der Waals surface area contributed by atoms with E-state index in [1.54, 1.807) is 0 Å². The van der Waals surface area contributed by atoms with Crippen LogP contribution in [0.2, 0.25) is 13.1 Å². The molecule has 0 aromatic rings. The lowest BCUT2D eigenvalue weighted by atomic mass is 9.86.